The van der Waals surface area contributed by atoms with Crippen molar-refractivity contribution in [1.82, 2.24) is 9.80 Å². The fraction of sp³-hybridized carbons (Fsp3) is 0.667. The smallest absolute Gasteiger partial charge is 0.161 e. The number of hydrogen-bond acceptors (Lipinski definition) is 5. The SMILES string of the molecule is CCOc1ccc(CN(CCO)C2CCN(C)CC2)cc1OC. The molecule has 1 aromatic rings. The average molecular weight is 322 g/mol. The molecule has 2 rings (SSSR count). The van der Waals surface area contributed by atoms with Gasteiger partial charge < -0.3 is 19.5 Å². The maximum Gasteiger partial charge on any atom is 0.161 e. The number of rotatable bonds is 8. The highest BCUT2D eigenvalue weighted by Crippen LogP contribution is 2.29. The van der Waals surface area contributed by atoms with E-state index in [9.17, 15) is 5.11 Å². The molecule has 1 aliphatic heterocycles. The predicted molar refractivity (Wildman–Crippen MR) is 92.2 cm³/mol. The number of aliphatic hydroxyl groups excluding tert-OH is 1. The van der Waals surface area contributed by atoms with E-state index in [0.717, 1.165) is 44.0 Å². The predicted octanol–water partition coefficient (Wildman–Crippen LogP) is 1.98. The average Bonchev–Trinajstić information content (AvgIpc) is 2.56. The molecule has 0 bridgehead atoms. The maximum atomic E-state index is 9.42. The standard InChI is InChI=1S/C18H30N2O3/c1-4-23-17-6-5-15(13-18(17)22-3)14-20(11-12-21)16-7-9-19(2)10-8-16/h5-6,13,16,21H,4,7-12,14H2,1-3H3. The van der Waals surface area contributed by atoms with Crippen molar-refractivity contribution in [3.63, 3.8) is 0 Å². The highest BCUT2D eigenvalue weighted by Gasteiger charge is 2.23. The molecule has 0 saturated carbocycles. The number of hydrogen-bond donors (Lipinski definition) is 1. The van der Waals surface area contributed by atoms with Crippen molar-refractivity contribution >= 4 is 0 Å². The van der Waals surface area contributed by atoms with Crippen LogP contribution in [0.3, 0.4) is 0 Å². The second kappa shape index (κ2) is 9.11. The van der Waals surface area contributed by atoms with Gasteiger partial charge >= 0.3 is 0 Å². The lowest BCUT2D eigenvalue weighted by molar-refractivity contribution is 0.0940. The number of nitrogens with zero attached hydrogens (tertiary/aromatic N) is 2. The van der Waals surface area contributed by atoms with Crippen LogP contribution in [-0.2, 0) is 6.54 Å². The van der Waals surface area contributed by atoms with E-state index in [1.165, 1.54) is 5.56 Å². The molecule has 1 aliphatic rings. The van der Waals surface area contributed by atoms with Crippen molar-refractivity contribution in [2.75, 3.05) is 47.0 Å². The molecule has 1 N–H and O–H groups in total. The second-order valence-corrected chi connectivity index (χ2v) is 6.15. The van der Waals surface area contributed by atoms with Crippen LogP contribution in [0.2, 0.25) is 0 Å². The summed E-state index contributed by atoms with van der Waals surface area (Å²) in [6, 6.07) is 6.65. The van der Waals surface area contributed by atoms with Gasteiger partial charge in [0, 0.05) is 19.1 Å². The first-order chi connectivity index (χ1) is 11.2. The van der Waals surface area contributed by atoms with Crippen LogP contribution in [0.1, 0.15) is 25.3 Å². The van der Waals surface area contributed by atoms with Crippen molar-refractivity contribution in [3.8, 4) is 11.5 Å². The Bertz CT molecular complexity index is 473. The molecule has 5 nitrogen and oxygen atoms in total. The van der Waals surface area contributed by atoms with E-state index in [1.54, 1.807) is 7.11 Å². The topological polar surface area (TPSA) is 45.2 Å². The number of likely N-dealkylation sites (tertiary alicyclic amines) is 1. The van der Waals surface area contributed by atoms with E-state index in [-0.39, 0.29) is 6.61 Å². The lowest BCUT2D eigenvalue weighted by atomic mass is 10.0. The van der Waals surface area contributed by atoms with Gasteiger partial charge in [-0.2, -0.15) is 0 Å². The van der Waals surface area contributed by atoms with Crippen molar-refractivity contribution in [3.05, 3.63) is 23.8 Å². The normalized spacial score (nSPS) is 16.7. The Kier molecular flexibility index (Phi) is 7.15. The van der Waals surface area contributed by atoms with Crippen molar-refractivity contribution in [2.45, 2.75) is 32.4 Å². The number of methoxy groups -OCH3 is 1. The monoisotopic (exact) mass is 322 g/mol. The van der Waals surface area contributed by atoms with Crippen LogP contribution in [-0.4, -0.2) is 68.0 Å². The van der Waals surface area contributed by atoms with Gasteiger partial charge in [0.2, 0.25) is 0 Å². The van der Waals surface area contributed by atoms with Gasteiger partial charge in [-0.15, -0.1) is 0 Å². The fourth-order valence-corrected chi connectivity index (χ4v) is 3.20. The first-order valence-electron chi connectivity index (χ1n) is 8.51. The number of aliphatic hydroxyl groups is 1. The molecule has 1 heterocycles. The van der Waals surface area contributed by atoms with Crippen molar-refractivity contribution < 1.29 is 14.6 Å². The van der Waals surface area contributed by atoms with Crippen LogP contribution in [0.25, 0.3) is 0 Å². The van der Waals surface area contributed by atoms with Gasteiger partial charge in [-0.25, -0.2) is 0 Å². The van der Waals surface area contributed by atoms with E-state index in [4.69, 9.17) is 9.47 Å². The van der Waals surface area contributed by atoms with E-state index < -0.39 is 0 Å². The minimum Gasteiger partial charge on any atom is -0.493 e. The van der Waals surface area contributed by atoms with Gasteiger partial charge in [0.05, 0.1) is 20.3 Å². The Labute approximate surface area is 139 Å². The summed E-state index contributed by atoms with van der Waals surface area (Å²) >= 11 is 0. The summed E-state index contributed by atoms with van der Waals surface area (Å²) in [5.41, 5.74) is 1.19. The Hall–Kier alpha value is -1.30. The van der Waals surface area contributed by atoms with Gasteiger partial charge in [0.1, 0.15) is 0 Å². The van der Waals surface area contributed by atoms with E-state index in [0.29, 0.717) is 19.2 Å². The van der Waals surface area contributed by atoms with Crippen LogP contribution in [0.5, 0.6) is 11.5 Å². The van der Waals surface area contributed by atoms with Crippen molar-refractivity contribution in [1.29, 1.82) is 0 Å². The highest BCUT2D eigenvalue weighted by molar-refractivity contribution is 5.43. The molecule has 0 radical (unpaired) electrons. The van der Waals surface area contributed by atoms with Gasteiger partial charge in [-0.3, -0.25) is 4.90 Å². The van der Waals surface area contributed by atoms with Crippen LogP contribution in [0.15, 0.2) is 18.2 Å². The Morgan fingerprint density at radius 1 is 1.26 bits per heavy atom. The van der Waals surface area contributed by atoms with Gasteiger partial charge in [-0.05, 0) is 57.6 Å². The number of ether oxygens (including phenoxy) is 2. The quantitative estimate of drug-likeness (QED) is 0.793. The molecule has 0 unspecified atom stereocenters. The Morgan fingerprint density at radius 3 is 2.61 bits per heavy atom. The zero-order valence-electron chi connectivity index (χ0n) is 14.6. The molecular formula is C18H30N2O3. The zero-order valence-corrected chi connectivity index (χ0v) is 14.6. The van der Waals surface area contributed by atoms with E-state index >= 15 is 0 Å². The minimum atomic E-state index is 0.195. The fourth-order valence-electron chi connectivity index (χ4n) is 3.20. The molecule has 1 saturated heterocycles. The molecule has 130 valence electrons. The van der Waals surface area contributed by atoms with Crippen LogP contribution in [0, 0.1) is 0 Å². The molecule has 0 atom stereocenters. The maximum absolute atomic E-state index is 9.42. The third kappa shape index (κ3) is 5.09. The first-order valence-corrected chi connectivity index (χ1v) is 8.51. The Balaban J connectivity index is 2.07. The van der Waals surface area contributed by atoms with Crippen LogP contribution >= 0.6 is 0 Å². The molecule has 1 fully saturated rings. The molecule has 0 spiro atoms. The summed E-state index contributed by atoms with van der Waals surface area (Å²) < 4.78 is 11.0. The van der Waals surface area contributed by atoms with Crippen LogP contribution in [0.4, 0.5) is 0 Å². The summed E-state index contributed by atoms with van der Waals surface area (Å²) in [6.45, 7) is 6.58. The summed E-state index contributed by atoms with van der Waals surface area (Å²) in [6.07, 6.45) is 2.31. The molecular weight excluding hydrogens is 292 g/mol. The summed E-state index contributed by atoms with van der Waals surface area (Å²) in [4.78, 5) is 4.76. The van der Waals surface area contributed by atoms with Gasteiger partial charge in [-0.1, -0.05) is 6.07 Å². The van der Waals surface area contributed by atoms with Crippen LogP contribution < -0.4 is 9.47 Å². The van der Waals surface area contributed by atoms with E-state index in [2.05, 4.69) is 22.9 Å². The largest absolute Gasteiger partial charge is 0.493 e. The highest BCUT2D eigenvalue weighted by atomic mass is 16.5. The number of benzene rings is 1. The molecule has 23 heavy (non-hydrogen) atoms. The van der Waals surface area contributed by atoms with Gasteiger partial charge in [0.25, 0.3) is 0 Å². The first kappa shape index (κ1) is 18.0. The molecule has 1 aromatic carbocycles. The second-order valence-electron chi connectivity index (χ2n) is 6.15. The molecule has 5 heteroatoms. The zero-order chi connectivity index (χ0) is 16.7. The third-order valence-corrected chi connectivity index (χ3v) is 4.51. The van der Waals surface area contributed by atoms with Gasteiger partial charge in [0.15, 0.2) is 11.5 Å². The molecule has 0 amide bonds. The summed E-state index contributed by atoms with van der Waals surface area (Å²) in [5.74, 6) is 1.56. The summed E-state index contributed by atoms with van der Waals surface area (Å²) in [7, 11) is 3.84. The van der Waals surface area contributed by atoms with Crippen molar-refractivity contribution in [2.24, 2.45) is 0 Å². The summed E-state index contributed by atoms with van der Waals surface area (Å²) in [5, 5.41) is 9.42. The number of piperidine rings is 1. The lowest BCUT2D eigenvalue weighted by Crippen LogP contribution is -2.44. The van der Waals surface area contributed by atoms with E-state index in [1.807, 2.05) is 19.1 Å². The molecule has 0 aromatic heterocycles. The third-order valence-electron chi connectivity index (χ3n) is 4.51. The molecule has 0 aliphatic carbocycles. The lowest BCUT2D eigenvalue weighted by Gasteiger charge is -2.37. The Morgan fingerprint density at radius 2 is 2.00 bits per heavy atom. The minimum absolute atomic E-state index is 0.195.